The minimum atomic E-state index is -0.0584. The number of phenolic OH excluding ortho intramolecular Hbond substituents is 1. The summed E-state index contributed by atoms with van der Waals surface area (Å²) in [5.41, 5.74) is 6.24. The first-order valence-electron chi connectivity index (χ1n) is 10.5. The van der Waals surface area contributed by atoms with Gasteiger partial charge in [0.05, 0.1) is 5.69 Å². The first-order valence-corrected chi connectivity index (χ1v) is 10.5. The average Bonchev–Trinajstić information content (AvgIpc) is 3.14. The monoisotopic (exact) mass is 388 g/mol. The van der Waals surface area contributed by atoms with E-state index in [9.17, 15) is 9.90 Å². The van der Waals surface area contributed by atoms with Gasteiger partial charge in [-0.05, 0) is 71.7 Å². The van der Waals surface area contributed by atoms with Crippen molar-refractivity contribution in [1.29, 1.82) is 0 Å². The third-order valence-corrected chi connectivity index (χ3v) is 8.04. The number of phenols is 1. The van der Waals surface area contributed by atoms with E-state index in [1.165, 1.54) is 11.1 Å². The van der Waals surface area contributed by atoms with Gasteiger partial charge in [-0.3, -0.25) is 9.79 Å². The third-order valence-electron chi connectivity index (χ3n) is 8.04. The molecule has 0 spiro atoms. The van der Waals surface area contributed by atoms with Crippen molar-refractivity contribution in [1.82, 2.24) is 4.90 Å². The predicted octanol–water partition coefficient (Wildman–Crippen LogP) is 4.71. The zero-order chi connectivity index (χ0) is 20.6. The largest absolute Gasteiger partial charge is 0.508 e. The lowest BCUT2D eigenvalue weighted by molar-refractivity contribution is -0.0262. The van der Waals surface area contributed by atoms with Gasteiger partial charge in [-0.15, -0.1) is 0 Å². The first kappa shape index (κ1) is 18.4. The zero-order valence-electron chi connectivity index (χ0n) is 17.6. The van der Waals surface area contributed by atoms with Crippen LogP contribution in [0, 0.1) is 12.3 Å². The number of hydrogen-bond acceptors (Lipinski definition) is 3. The van der Waals surface area contributed by atoms with Crippen molar-refractivity contribution in [3.05, 3.63) is 58.1 Å². The average molecular weight is 389 g/mol. The van der Waals surface area contributed by atoms with Gasteiger partial charge >= 0.3 is 0 Å². The molecule has 5 rings (SSSR count). The molecule has 3 aliphatic rings. The van der Waals surface area contributed by atoms with Gasteiger partial charge < -0.3 is 10.0 Å². The summed E-state index contributed by atoms with van der Waals surface area (Å²) in [5.74, 6) is 0.459. The normalized spacial score (nSPS) is 26.2. The number of piperidine rings is 1. The number of carbonyl (C=O) groups excluding carboxylic acids is 1. The molecule has 0 radical (unpaired) electrons. The third kappa shape index (κ3) is 2.44. The van der Waals surface area contributed by atoms with Gasteiger partial charge in [-0.2, -0.15) is 0 Å². The maximum absolute atomic E-state index is 13.6. The standard InChI is InChI=1S/C25H28N2O2/c1-15-11-19-18(13-21(15)28)14-22-24(2,3)25(19,4)8-10-27(22)23(29)17-5-6-20-16(12-17)7-9-26-20/h5-6,9,11-13,22,28H,7-8,10,14H2,1-4H3/t22-,25+/m0/s1. The molecule has 2 aromatic rings. The maximum Gasteiger partial charge on any atom is 0.254 e. The molecule has 2 atom stereocenters. The molecule has 2 aromatic carbocycles. The molecule has 150 valence electrons. The van der Waals surface area contributed by atoms with Gasteiger partial charge in [0.25, 0.3) is 5.91 Å². The van der Waals surface area contributed by atoms with Crippen molar-refractivity contribution >= 4 is 17.8 Å². The molecule has 2 heterocycles. The van der Waals surface area contributed by atoms with Gasteiger partial charge in [-0.25, -0.2) is 0 Å². The van der Waals surface area contributed by atoms with Crippen molar-refractivity contribution in [2.24, 2.45) is 10.4 Å². The predicted molar refractivity (Wildman–Crippen MR) is 115 cm³/mol. The number of carbonyl (C=O) groups is 1. The van der Waals surface area contributed by atoms with Crippen molar-refractivity contribution in [2.45, 2.75) is 58.4 Å². The fourth-order valence-corrected chi connectivity index (χ4v) is 5.72. The topological polar surface area (TPSA) is 52.9 Å². The van der Waals surface area contributed by atoms with E-state index in [0.29, 0.717) is 5.75 Å². The molecule has 1 fully saturated rings. The van der Waals surface area contributed by atoms with Gasteiger partial charge in [0.2, 0.25) is 0 Å². The Morgan fingerprint density at radius 2 is 1.97 bits per heavy atom. The molecular weight excluding hydrogens is 360 g/mol. The lowest BCUT2D eigenvalue weighted by atomic mass is 9.51. The Hall–Kier alpha value is -2.62. The number of amides is 1. The molecule has 29 heavy (non-hydrogen) atoms. The number of fused-ring (bicyclic) bond motifs is 5. The summed E-state index contributed by atoms with van der Waals surface area (Å²) < 4.78 is 0. The highest BCUT2D eigenvalue weighted by atomic mass is 16.3. The zero-order valence-corrected chi connectivity index (χ0v) is 17.6. The SMILES string of the molecule is Cc1cc2c(cc1O)C[C@@H]1N(C(=O)c3ccc4c(c3)CC=N4)CC[C@@]2(C)C1(C)C. The lowest BCUT2D eigenvalue weighted by Gasteiger charge is -2.61. The van der Waals surface area contributed by atoms with Crippen molar-refractivity contribution in [2.75, 3.05) is 6.54 Å². The molecule has 1 saturated heterocycles. The number of nitrogens with zero attached hydrogens (tertiary/aromatic N) is 2. The van der Waals surface area contributed by atoms with Crippen LogP contribution in [0.2, 0.25) is 0 Å². The van der Waals surface area contributed by atoms with Gasteiger partial charge in [0.15, 0.2) is 0 Å². The van der Waals surface area contributed by atoms with Crippen LogP contribution in [0.5, 0.6) is 5.75 Å². The van der Waals surface area contributed by atoms with E-state index in [-0.39, 0.29) is 22.8 Å². The van der Waals surface area contributed by atoms with E-state index in [1.54, 1.807) is 0 Å². The van der Waals surface area contributed by atoms with Crippen LogP contribution in [-0.4, -0.2) is 34.7 Å². The maximum atomic E-state index is 13.6. The second-order valence-electron chi connectivity index (χ2n) is 9.68. The summed E-state index contributed by atoms with van der Waals surface area (Å²) in [6.07, 6.45) is 4.41. The quantitative estimate of drug-likeness (QED) is 0.769. The van der Waals surface area contributed by atoms with Crippen LogP contribution in [0.25, 0.3) is 0 Å². The van der Waals surface area contributed by atoms with Crippen LogP contribution in [-0.2, 0) is 18.3 Å². The molecule has 2 aliphatic heterocycles. The highest BCUT2D eigenvalue weighted by Gasteiger charge is 2.57. The van der Waals surface area contributed by atoms with Crippen LogP contribution >= 0.6 is 0 Å². The van der Waals surface area contributed by atoms with Crippen LogP contribution in [0.3, 0.4) is 0 Å². The molecule has 2 bridgehead atoms. The van der Waals surface area contributed by atoms with E-state index in [4.69, 9.17) is 0 Å². The smallest absolute Gasteiger partial charge is 0.254 e. The van der Waals surface area contributed by atoms with Gasteiger partial charge in [-0.1, -0.05) is 26.8 Å². The number of aliphatic imine (C=N–C) groups is 1. The Balaban J connectivity index is 1.55. The molecule has 1 N–H and O–H groups in total. The Morgan fingerprint density at radius 1 is 1.17 bits per heavy atom. The minimum Gasteiger partial charge on any atom is -0.508 e. The highest BCUT2D eigenvalue weighted by molar-refractivity contribution is 5.96. The second-order valence-corrected chi connectivity index (χ2v) is 9.68. The first-order chi connectivity index (χ1) is 13.7. The molecular formula is C25H28N2O2. The van der Waals surface area contributed by atoms with Crippen LogP contribution < -0.4 is 0 Å². The van der Waals surface area contributed by atoms with E-state index >= 15 is 0 Å². The summed E-state index contributed by atoms with van der Waals surface area (Å²) >= 11 is 0. The molecule has 4 nitrogen and oxygen atoms in total. The Kier molecular flexibility index (Phi) is 3.77. The van der Waals surface area contributed by atoms with Crippen LogP contribution in [0.15, 0.2) is 35.3 Å². The molecule has 1 amide bonds. The Labute approximate surface area is 172 Å². The van der Waals surface area contributed by atoms with Crippen LogP contribution in [0.1, 0.15) is 59.8 Å². The number of benzene rings is 2. The summed E-state index contributed by atoms with van der Waals surface area (Å²) in [4.78, 5) is 20.0. The fourth-order valence-electron chi connectivity index (χ4n) is 5.72. The van der Waals surface area contributed by atoms with Crippen LogP contribution in [0.4, 0.5) is 5.69 Å². The summed E-state index contributed by atoms with van der Waals surface area (Å²) in [5, 5.41) is 10.3. The summed E-state index contributed by atoms with van der Waals surface area (Å²) in [6.45, 7) is 9.67. The highest BCUT2D eigenvalue weighted by Crippen LogP contribution is 2.56. The van der Waals surface area contributed by atoms with Crippen molar-refractivity contribution in [3.63, 3.8) is 0 Å². The minimum absolute atomic E-state index is 0.0216. The number of hydrogen-bond donors (Lipinski definition) is 1. The van der Waals surface area contributed by atoms with E-state index in [1.807, 2.05) is 37.4 Å². The molecule has 0 saturated carbocycles. The second kappa shape index (κ2) is 5.94. The summed E-state index contributed by atoms with van der Waals surface area (Å²) in [6, 6.07) is 10.1. The molecule has 4 heteroatoms. The van der Waals surface area contributed by atoms with E-state index in [2.05, 4.69) is 36.7 Å². The lowest BCUT2D eigenvalue weighted by Crippen LogP contribution is -2.64. The fraction of sp³-hybridized carbons (Fsp3) is 0.440. The number of rotatable bonds is 1. The number of likely N-dealkylation sites (tertiary alicyclic amines) is 1. The van der Waals surface area contributed by atoms with Gasteiger partial charge in [0.1, 0.15) is 5.75 Å². The summed E-state index contributed by atoms with van der Waals surface area (Å²) in [7, 11) is 0. The number of aromatic hydroxyl groups is 1. The Bertz CT molecular complexity index is 1070. The molecule has 0 unspecified atom stereocenters. The van der Waals surface area contributed by atoms with Crippen molar-refractivity contribution in [3.8, 4) is 5.75 Å². The Morgan fingerprint density at radius 3 is 2.76 bits per heavy atom. The van der Waals surface area contributed by atoms with Crippen molar-refractivity contribution < 1.29 is 9.90 Å². The van der Waals surface area contributed by atoms with E-state index < -0.39 is 0 Å². The number of aryl methyl sites for hydroxylation is 1. The molecule has 1 aliphatic carbocycles. The van der Waals surface area contributed by atoms with Gasteiger partial charge in [0, 0.05) is 36.2 Å². The molecule has 0 aromatic heterocycles. The van der Waals surface area contributed by atoms with E-state index in [0.717, 1.165) is 48.2 Å².